The van der Waals surface area contributed by atoms with E-state index in [1.54, 1.807) is 0 Å². The molecular formula is C10H11Cl2F2N. The van der Waals surface area contributed by atoms with E-state index in [4.69, 9.17) is 17.3 Å². The monoisotopic (exact) mass is 253 g/mol. The molecule has 2 N–H and O–H groups in total. The molecule has 84 valence electrons. The van der Waals surface area contributed by atoms with Gasteiger partial charge in [-0.15, -0.1) is 12.4 Å². The zero-order valence-electron chi connectivity index (χ0n) is 7.84. The fraction of sp³-hybridized carbons (Fsp3) is 0.400. The number of hydrogen-bond donors (Lipinski definition) is 1. The van der Waals surface area contributed by atoms with E-state index < -0.39 is 16.7 Å². The van der Waals surface area contributed by atoms with Gasteiger partial charge in [0.25, 0.3) is 0 Å². The molecule has 1 aromatic rings. The minimum Gasteiger partial charge on any atom is -0.324 e. The van der Waals surface area contributed by atoms with Crippen LogP contribution >= 0.6 is 24.0 Å². The third-order valence-corrected chi connectivity index (χ3v) is 2.88. The van der Waals surface area contributed by atoms with E-state index in [0.29, 0.717) is 11.5 Å². The summed E-state index contributed by atoms with van der Waals surface area (Å²) >= 11 is 5.36. The molecule has 2 rings (SSSR count). The van der Waals surface area contributed by atoms with Crippen molar-refractivity contribution in [3.8, 4) is 0 Å². The van der Waals surface area contributed by atoms with Gasteiger partial charge in [-0.2, -0.15) is 0 Å². The van der Waals surface area contributed by atoms with Crippen LogP contribution in [-0.2, 0) is 0 Å². The lowest BCUT2D eigenvalue weighted by Gasteiger charge is -2.11. The van der Waals surface area contributed by atoms with Crippen LogP contribution in [0.1, 0.15) is 24.4 Å². The molecule has 0 aromatic heterocycles. The largest absolute Gasteiger partial charge is 0.324 e. The van der Waals surface area contributed by atoms with Crippen molar-refractivity contribution in [1.82, 2.24) is 0 Å². The van der Waals surface area contributed by atoms with Crippen molar-refractivity contribution >= 4 is 24.0 Å². The number of benzene rings is 1. The maximum absolute atomic E-state index is 13.1. The molecular weight excluding hydrogens is 243 g/mol. The van der Waals surface area contributed by atoms with E-state index in [1.807, 2.05) is 0 Å². The molecule has 1 saturated carbocycles. The molecule has 0 radical (unpaired) electrons. The highest BCUT2D eigenvalue weighted by Gasteiger charge is 2.30. The Bertz CT molecular complexity index is 343. The van der Waals surface area contributed by atoms with E-state index in [2.05, 4.69) is 0 Å². The number of rotatable bonds is 2. The first-order valence-electron chi connectivity index (χ1n) is 4.49. The molecule has 0 aliphatic heterocycles. The van der Waals surface area contributed by atoms with Crippen LogP contribution in [0.25, 0.3) is 0 Å². The summed E-state index contributed by atoms with van der Waals surface area (Å²) in [7, 11) is 0. The average Bonchev–Trinajstić information content (AvgIpc) is 2.95. The van der Waals surface area contributed by atoms with Gasteiger partial charge in [-0.1, -0.05) is 11.6 Å². The molecule has 0 unspecified atom stereocenters. The molecule has 5 heteroatoms. The molecule has 0 amide bonds. The molecule has 15 heavy (non-hydrogen) atoms. The Hall–Kier alpha value is -0.380. The molecule has 1 aromatic carbocycles. The van der Waals surface area contributed by atoms with Gasteiger partial charge in [0.05, 0.1) is 0 Å². The second-order valence-electron chi connectivity index (χ2n) is 3.66. The Morgan fingerprint density at radius 2 is 1.73 bits per heavy atom. The molecule has 0 saturated heterocycles. The van der Waals surface area contributed by atoms with Crippen molar-refractivity contribution in [1.29, 1.82) is 0 Å². The van der Waals surface area contributed by atoms with Crippen LogP contribution in [-0.4, -0.2) is 0 Å². The fourth-order valence-electron chi connectivity index (χ4n) is 1.50. The summed E-state index contributed by atoms with van der Waals surface area (Å²) in [6, 6.07) is 2.17. The highest BCUT2D eigenvalue weighted by atomic mass is 35.5. The maximum Gasteiger partial charge on any atom is 0.145 e. The van der Waals surface area contributed by atoms with E-state index in [9.17, 15) is 8.78 Å². The smallest absolute Gasteiger partial charge is 0.145 e. The molecule has 1 fully saturated rings. The second-order valence-corrected chi connectivity index (χ2v) is 4.04. The van der Waals surface area contributed by atoms with Crippen molar-refractivity contribution in [2.24, 2.45) is 11.7 Å². The predicted octanol–water partition coefficient (Wildman–Crippen LogP) is 3.45. The van der Waals surface area contributed by atoms with Crippen LogP contribution in [0.4, 0.5) is 8.78 Å². The highest BCUT2D eigenvalue weighted by molar-refractivity contribution is 6.30. The molecule has 0 bridgehead atoms. The summed E-state index contributed by atoms with van der Waals surface area (Å²) in [5.41, 5.74) is 6.30. The van der Waals surface area contributed by atoms with E-state index in [1.165, 1.54) is 12.1 Å². The Morgan fingerprint density at radius 3 is 2.13 bits per heavy atom. The van der Waals surface area contributed by atoms with Gasteiger partial charge in [0.15, 0.2) is 0 Å². The fourth-order valence-corrected chi connectivity index (χ4v) is 1.60. The predicted molar refractivity (Wildman–Crippen MR) is 58.3 cm³/mol. The first-order chi connectivity index (χ1) is 6.59. The zero-order valence-corrected chi connectivity index (χ0v) is 9.42. The van der Waals surface area contributed by atoms with Crippen molar-refractivity contribution in [3.05, 3.63) is 34.4 Å². The van der Waals surface area contributed by atoms with E-state index >= 15 is 0 Å². The van der Waals surface area contributed by atoms with E-state index in [-0.39, 0.29) is 18.4 Å². The Labute approximate surface area is 98.0 Å². The summed E-state index contributed by atoms with van der Waals surface area (Å²) in [6.07, 6.45) is 2.07. The number of halogens is 4. The summed E-state index contributed by atoms with van der Waals surface area (Å²) in [4.78, 5) is 0. The van der Waals surface area contributed by atoms with Gasteiger partial charge in [-0.25, -0.2) is 8.78 Å². The van der Waals surface area contributed by atoms with Crippen LogP contribution in [0.15, 0.2) is 12.1 Å². The van der Waals surface area contributed by atoms with Crippen LogP contribution in [0, 0.1) is 17.6 Å². The zero-order chi connectivity index (χ0) is 10.3. The van der Waals surface area contributed by atoms with Crippen LogP contribution in [0.2, 0.25) is 5.02 Å². The van der Waals surface area contributed by atoms with Crippen molar-refractivity contribution < 1.29 is 8.78 Å². The lowest BCUT2D eigenvalue weighted by molar-refractivity contribution is 0.564. The molecule has 1 aliphatic rings. The number of nitrogens with two attached hydrogens (primary N) is 1. The minimum atomic E-state index is -0.738. The standard InChI is InChI=1S/C10H10ClF2N.ClH/c11-9-7(12)3-6(4-8(9)13)10(14)5-1-2-5;/h3-5,10H,1-2,14H2;1H/t10-;/m1./s1. The van der Waals surface area contributed by atoms with Gasteiger partial charge in [0.2, 0.25) is 0 Å². The summed E-state index contributed by atoms with van der Waals surface area (Å²) in [5.74, 6) is -1.11. The van der Waals surface area contributed by atoms with Crippen molar-refractivity contribution in [3.63, 3.8) is 0 Å². The van der Waals surface area contributed by atoms with Crippen LogP contribution in [0.5, 0.6) is 0 Å². The Kier molecular flexibility index (Phi) is 3.93. The molecule has 1 nitrogen and oxygen atoms in total. The quantitative estimate of drug-likeness (QED) is 0.803. The minimum absolute atomic E-state index is 0. The van der Waals surface area contributed by atoms with Gasteiger partial charge in [0, 0.05) is 6.04 Å². The average molecular weight is 254 g/mol. The Morgan fingerprint density at radius 1 is 1.27 bits per heavy atom. The topological polar surface area (TPSA) is 26.0 Å². The third-order valence-electron chi connectivity index (χ3n) is 2.52. The van der Waals surface area contributed by atoms with Gasteiger partial charge in [-0.05, 0) is 36.5 Å². The third kappa shape index (κ3) is 2.60. The second kappa shape index (κ2) is 4.64. The molecule has 1 aliphatic carbocycles. The summed E-state index contributed by atoms with van der Waals surface area (Å²) < 4.78 is 26.1. The Balaban J connectivity index is 0.00000112. The van der Waals surface area contributed by atoms with E-state index in [0.717, 1.165) is 12.8 Å². The maximum atomic E-state index is 13.1. The molecule has 1 atom stereocenters. The van der Waals surface area contributed by atoms with Crippen molar-refractivity contribution in [2.75, 3.05) is 0 Å². The normalized spacial score (nSPS) is 17.1. The SMILES string of the molecule is Cl.N[C@@H](c1cc(F)c(Cl)c(F)c1)C1CC1. The summed E-state index contributed by atoms with van der Waals surface area (Å²) in [5, 5.41) is -0.461. The molecule has 0 heterocycles. The lowest BCUT2D eigenvalue weighted by Crippen LogP contribution is -2.13. The molecule has 0 spiro atoms. The van der Waals surface area contributed by atoms with Gasteiger partial charge >= 0.3 is 0 Å². The highest BCUT2D eigenvalue weighted by Crippen LogP contribution is 2.40. The van der Waals surface area contributed by atoms with Gasteiger partial charge in [-0.3, -0.25) is 0 Å². The summed E-state index contributed by atoms with van der Waals surface area (Å²) in [6.45, 7) is 0. The van der Waals surface area contributed by atoms with Gasteiger partial charge < -0.3 is 5.73 Å². The van der Waals surface area contributed by atoms with Crippen LogP contribution < -0.4 is 5.73 Å². The van der Waals surface area contributed by atoms with Gasteiger partial charge in [0.1, 0.15) is 16.7 Å². The number of hydrogen-bond acceptors (Lipinski definition) is 1. The first kappa shape index (κ1) is 12.7. The first-order valence-corrected chi connectivity index (χ1v) is 4.87. The van der Waals surface area contributed by atoms with Crippen molar-refractivity contribution in [2.45, 2.75) is 18.9 Å². The lowest BCUT2D eigenvalue weighted by atomic mass is 10.0. The van der Waals surface area contributed by atoms with Crippen LogP contribution in [0.3, 0.4) is 0 Å².